The van der Waals surface area contributed by atoms with Crippen LogP contribution in [0.2, 0.25) is 0 Å². The molecule has 0 fully saturated rings. The van der Waals surface area contributed by atoms with E-state index in [0.717, 1.165) is 17.1 Å². The standard InChI is InChI=1S/C14H16N6/c1-19-10-16-9-13(19)14(18-15)12-7-8-17-20(12)11-5-3-2-4-6-11/h2-10,14,18H,15H2,1H3. The molecule has 0 aliphatic rings. The molecule has 0 aliphatic heterocycles. The maximum absolute atomic E-state index is 5.74. The van der Waals surface area contributed by atoms with Gasteiger partial charge in [-0.2, -0.15) is 5.10 Å². The molecule has 3 aromatic rings. The summed E-state index contributed by atoms with van der Waals surface area (Å²) in [5.74, 6) is 5.74. The molecule has 3 N–H and O–H groups in total. The monoisotopic (exact) mass is 268 g/mol. The molecular weight excluding hydrogens is 252 g/mol. The average Bonchev–Trinajstić information content (AvgIpc) is 3.11. The fourth-order valence-electron chi connectivity index (χ4n) is 2.28. The minimum atomic E-state index is -0.176. The second-order valence-corrected chi connectivity index (χ2v) is 4.53. The summed E-state index contributed by atoms with van der Waals surface area (Å²) >= 11 is 0. The summed E-state index contributed by atoms with van der Waals surface area (Å²) in [5, 5.41) is 4.39. The van der Waals surface area contributed by atoms with Crippen LogP contribution >= 0.6 is 0 Å². The van der Waals surface area contributed by atoms with E-state index in [-0.39, 0.29) is 6.04 Å². The Balaban J connectivity index is 2.07. The molecule has 1 unspecified atom stereocenters. The van der Waals surface area contributed by atoms with Crippen LogP contribution in [0, 0.1) is 0 Å². The van der Waals surface area contributed by atoms with Gasteiger partial charge in [0, 0.05) is 13.2 Å². The highest BCUT2D eigenvalue weighted by Gasteiger charge is 2.20. The number of aryl methyl sites for hydroxylation is 1. The number of imidazole rings is 1. The minimum absolute atomic E-state index is 0.176. The zero-order valence-electron chi connectivity index (χ0n) is 11.1. The van der Waals surface area contributed by atoms with Gasteiger partial charge in [0.25, 0.3) is 0 Å². The van der Waals surface area contributed by atoms with E-state index < -0.39 is 0 Å². The Morgan fingerprint density at radius 3 is 2.60 bits per heavy atom. The van der Waals surface area contributed by atoms with Crippen LogP contribution in [-0.4, -0.2) is 19.3 Å². The van der Waals surface area contributed by atoms with Crippen LogP contribution in [0.3, 0.4) is 0 Å². The molecule has 0 radical (unpaired) electrons. The quantitative estimate of drug-likeness (QED) is 0.550. The Kier molecular flexibility index (Phi) is 3.32. The molecule has 0 amide bonds. The van der Waals surface area contributed by atoms with Crippen molar-refractivity contribution < 1.29 is 0 Å². The normalized spacial score (nSPS) is 12.5. The molecule has 0 aliphatic carbocycles. The van der Waals surface area contributed by atoms with Crippen molar-refractivity contribution in [2.75, 3.05) is 0 Å². The predicted molar refractivity (Wildman–Crippen MR) is 75.9 cm³/mol. The number of nitrogens with two attached hydrogens (primary N) is 1. The molecule has 6 heteroatoms. The van der Waals surface area contributed by atoms with Crippen LogP contribution in [0.4, 0.5) is 0 Å². The lowest BCUT2D eigenvalue weighted by Gasteiger charge is -2.18. The maximum atomic E-state index is 5.74. The van der Waals surface area contributed by atoms with Gasteiger partial charge in [0.15, 0.2) is 0 Å². The molecule has 0 spiro atoms. The maximum Gasteiger partial charge on any atom is 0.105 e. The zero-order chi connectivity index (χ0) is 13.9. The molecule has 6 nitrogen and oxygen atoms in total. The number of nitrogens with zero attached hydrogens (tertiary/aromatic N) is 4. The van der Waals surface area contributed by atoms with Crippen molar-refractivity contribution in [1.82, 2.24) is 24.8 Å². The van der Waals surface area contributed by atoms with E-state index in [2.05, 4.69) is 15.5 Å². The molecule has 3 rings (SSSR count). The SMILES string of the molecule is Cn1cncc1C(NN)c1ccnn1-c1ccccc1. The van der Waals surface area contributed by atoms with Gasteiger partial charge < -0.3 is 4.57 Å². The summed E-state index contributed by atoms with van der Waals surface area (Å²) < 4.78 is 3.81. The Morgan fingerprint density at radius 1 is 1.15 bits per heavy atom. The first-order chi connectivity index (χ1) is 9.81. The van der Waals surface area contributed by atoms with Gasteiger partial charge in [-0.05, 0) is 18.2 Å². The molecule has 2 aromatic heterocycles. The van der Waals surface area contributed by atoms with Crippen molar-refractivity contribution in [3.63, 3.8) is 0 Å². The predicted octanol–water partition coefficient (Wildman–Crippen LogP) is 1.16. The van der Waals surface area contributed by atoms with Crippen LogP contribution in [0.5, 0.6) is 0 Å². The van der Waals surface area contributed by atoms with Crippen molar-refractivity contribution in [3.05, 3.63) is 66.5 Å². The molecule has 20 heavy (non-hydrogen) atoms. The summed E-state index contributed by atoms with van der Waals surface area (Å²) in [4.78, 5) is 4.14. The lowest BCUT2D eigenvalue weighted by molar-refractivity contribution is 0.566. The number of hydrogen-bond acceptors (Lipinski definition) is 4. The van der Waals surface area contributed by atoms with Crippen molar-refractivity contribution in [2.24, 2.45) is 12.9 Å². The van der Waals surface area contributed by atoms with Gasteiger partial charge >= 0.3 is 0 Å². The first-order valence-corrected chi connectivity index (χ1v) is 6.33. The lowest BCUT2D eigenvalue weighted by atomic mass is 10.1. The van der Waals surface area contributed by atoms with Crippen molar-refractivity contribution in [2.45, 2.75) is 6.04 Å². The van der Waals surface area contributed by atoms with E-state index in [9.17, 15) is 0 Å². The third-order valence-electron chi connectivity index (χ3n) is 3.28. The fraction of sp³-hybridized carbons (Fsp3) is 0.143. The van der Waals surface area contributed by atoms with Crippen LogP contribution in [0.1, 0.15) is 17.4 Å². The third-order valence-corrected chi connectivity index (χ3v) is 3.28. The molecule has 0 saturated carbocycles. The Hall–Kier alpha value is -2.44. The van der Waals surface area contributed by atoms with Crippen molar-refractivity contribution >= 4 is 0 Å². The highest BCUT2D eigenvalue weighted by atomic mass is 15.3. The van der Waals surface area contributed by atoms with E-state index in [0.29, 0.717) is 0 Å². The zero-order valence-corrected chi connectivity index (χ0v) is 11.1. The second kappa shape index (κ2) is 5.28. The van der Waals surface area contributed by atoms with Crippen molar-refractivity contribution in [1.29, 1.82) is 0 Å². The van der Waals surface area contributed by atoms with Crippen molar-refractivity contribution in [3.8, 4) is 5.69 Å². The van der Waals surface area contributed by atoms with Crippen LogP contribution in [-0.2, 0) is 7.05 Å². The average molecular weight is 268 g/mol. The number of para-hydroxylation sites is 1. The Bertz CT molecular complexity index is 685. The Morgan fingerprint density at radius 2 is 1.95 bits per heavy atom. The van der Waals surface area contributed by atoms with E-state index in [1.54, 1.807) is 18.7 Å². The molecule has 102 valence electrons. The highest BCUT2D eigenvalue weighted by molar-refractivity contribution is 5.34. The molecule has 2 heterocycles. The topological polar surface area (TPSA) is 73.7 Å². The molecular formula is C14H16N6. The van der Waals surface area contributed by atoms with Gasteiger partial charge in [0.1, 0.15) is 6.04 Å². The molecule has 0 bridgehead atoms. The van der Waals surface area contributed by atoms with Gasteiger partial charge in [-0.3, -0.25) is 5.84 Å². The smallest absolute Gasteiger partial charge is 0.105 e. The first-order valence-electron chi connectivity index (χ1n) is 6.33. The minimum Gasteiger partial charge on any atom is -0.336 e. The van der Waals surface area contributed by atoms with Gasteiger partial charge in [-0.15, -0.1) is 0 Å². The molecule has 1 aromatic carbocycles. The summed E-state index contributed by atoms with van der Waals surface area (Å²) in [7, 11) is 1.94. The number of benzene rings is 1. The summed E-state index contributed by atoms with van der Waals surface area (Å²) in [6.07, 6.45) is 5.32. The highest BCUT2D eigenvalue weighted by Crippen LogP contribution is 2.22. The number of nitrogens with one attached hydrogen (secondary N) is 1. The molecule has 1 atom stereocenters. The third kappa shape index (κ3) is 2.11. The van der Waals surface area contributed by atoms with Gasteiger partial charge in [0.05, 0.1) is 29.6 Å². The second-order valence-electron chi connectivity index (χ2n) is 4.53. The van der Waals surface area contributed by atoms with E-state index in [1.165, 1.54) is 0 Å². The summed E-state index contributed by atoms with van der Waals surface area (Å²) in [6.45, 7) is 0. The van der Waals surface area contributed by atoms with Gasteiger partial charge in [-0.1, -0.05) is 18.2 Å². The molecule has 0 saturated heterocycles. The van der Waals surface area contributed by atoms with Crippen LogP contribution in [0.25, 0.3) is 5.69 Å². The van der Waals surface area contributed by atoms with Crippen LogP contribution in [0.15, 0.2) is 55.1 Å². The first kappa shape index (κ1) is 12.6. The van der Waals surface area contributed by atoms with Gasteiger partial charge in [-0.25, -0.2) is 15.1 Å². The lowest BCUT2D eigenvalue weighted by Crippen LogP contribution is -2.31. The number of hydrazine groups is 1. The van der Waals surface area contributed by atoms with E-state index in [4.69, 9.17) is 5.84 Å². The summed E-state index contributed by atoms with van der Waals surface area (Å²) in [6, 6.07) is 11.7. The van der Waals surface area contributed by atoms with Crippen LogP contribution < -0.4 is 11.3 Å². The number of aromatic nitrogens is 4. The number of hydrogen-bond donors (Lipinski definition) is 2. The summed E-state index contributed by atoms with van der Waals surface area (Å²) in [5.41, 5.74) is 5.77. The Labute approximate surface area is 116 Å². The van der Waals surface area contributed by atoms with E-state index >= 15 is 0 Å². The largest absolute Gasteiger partial charge is 0.336 e. The number of rotatable bonds is 4. The fourth-order valence-corrected chi connectivity index (χ4v) is 2.28. The van der Waals surface area contributed by atoms with E-state index in [1.807, 2.05) is 52.7 Å². The van der Waals surface area contributed by atoms with Gasteiger partial charge in [0.2, 0.25) is 0 Å².